The molecule has 0 spiro atoms. The highest BCUT2D eigenvalue weighted by Gasteiger charge is 2.28. The highest BCUT2D eigenvalue weighted by atomic mass is 32.2. The van der Waals surface area contributed by atoms with Crippen molar-refractivity contribution in [1.29, 1.82) is 0 Å². The Hall–Kier alpha value is -1.41. The molecule has 0 bridgehead atoms. The van der Waals surface area contributed by atoms with Crippen molar-refractivity contribution < 1.29 is 13.2 Å². The first-order valence-electron chi connectivity index (χ1n) is 8.79. The maximum atomic E-state index is 12.6. The fourth-order valence-corrected chi connectivity index (χ4v) is 5.00. The predicted octanol–water partition coefficient (Wildman–Crippen LogP) is 1.34. The number of amides is 1. The molecule has 0 aliphatic carbocycles. The van der Waals surface area contributed by atoms with E-state index in [0.29, 0.717) is 32.5 Å². The van der Waals surface area contributed by atoms with Gasteiger partial charge < -0.3 is 9.47 Å². The summed E-state index contributed by atoms with van der Waals surface area (Å²) in [4.78, 5) is 18.2. The van der Waals surface area contributed by atoms with Crippen LogP contribution in [0.2, 0.25) is 0 Å². The van der Waals surface area contributed by atoms with Crippen molar-refractivity contribution in [3.05, 3.63) is 17.7 Å². The van der Waals surface area contributed by atoms with Crippen LogP contribution < -0.4 is 0 Å². The molecule has 0 unspecified atom stereocenters. The molecule has 7 nitrogen and oxygen atoms in total. The lowest BCUT2D eigenvalue weighted by Gasteiger charge is -2.21. The first kappa shape index (κ1) is 17.4. The highest BCUT2D eigenvalue weighted by molar-refractivity contribution is 7.89. The van der Waals surface area contributed by atoms with Crippen LogP contribution in [0.3, 0.4) is 0 Å². The number of hydrogen-bond donors (Lipinski definition) is 0. The van der Waals surface area contributed by atoms with E-state index in [0.717, 1.165) is 43.7 Å². The summed E-state index contributed by atoms with van der Waals surface area (Å²) >= 11 is 0. The molecule has 0 aromatic carbocycles. The first-order valence-corrected chi connectivity index (χ1v) is 10.4. The molecule has 1 saturated heterocycles. The van der Waals surface area contributed by atoms with E-state index < -0.39 is 10.0 Å². The first-order chi connectivity index (χ1) is 11.5. The zero-order valence-electron chi connectivity index (χ0n) is 14.3. The van der Waals surface area contributed by atoms with Crippen LogP contribution in [0, 0.1) is 0 Å². The van der Waals surface area contributed by atoms with Crippen molar-refractivity contribution in [3.63, 3.8) is 0 Å². The van der Waals surface area contributed by atoms with Gasteiger partial charge in [0.25, 0.3) is 0 Å². The highest BCUT2D eigenvalue weighted by Crippen LogP contribution is 2.22. The molecule has 2 aliphatic rings. The van der Waals surface area contributed by atoms with Crippen molar-refractivity contribution in [1.82, 2.24) is 18.8 Å². The van der Waals surface area contributed by atoms with Crippen LogP contribution in [0.15, 0.2) is 6.33 Å². The second-order valence-corrected chi connectivity index (χ2v) is 8.70. The quantitative estimate of drug-likeness (QED) is 0.773. The zero-order valence-corrected chi connectivity index (χ0v) is 15.1. The second kappa shape index (κ2) is 7.23. The normalized spacial score (nSPS) is 19.5. The average Bonchev–Trinajstić information content (AvgIpc) is 3.05. The number of imidazole rings is 1. The molecule has 8 heteroatoms. The lowest BCUT2D eigenvalue weighted by Crippen LogP contribution is -2.33. The average molecular weight is 354 g/mol. The largest absolute Gasteiger partial charge is 0.337 e. The van der Waals surface area contributed by atoms with Crippen LogP contribution in [-0.2, 0) is 34.5 Å². The smallest absolute Gasteiger partial charge is 0.222 e. The molecule has 3 heterocycles. The van der Waals surface area contributed by atoms with Gasteiger partial charge in [-0.1, -0.05) is 13.3 Å². The van der Waals surface area contributed by atoms with Gasteiger partial charge >= 0.3 is 0 Å². The number of likely N-dealkylation sites (tertiary alicyclic amines) is 1. The summed E-state index contributed by atoms with van der Waals surface area (Å²) in [5, 5.41) is 0. The fourth-order valence-electron chi connectivity index (χ4n) is 3.36. The maximum Gasteiger partial charge on any atom is 0.222 e. The number of aryl methyl sites for hydroxylation is 1. The molecule has 3 rings (SSSR count). The Labute approximate surface area is 143 Å². The van der Waals surface area contributed by atoms with Gasteiger partial charge in [-0.15, -0.1) is 0 Å². The Morgan fingerprint density at radius 2 is 2.04 bits per heavy atom. The van der Waals surface area contributed by atoms with E-state index in [1.807, 2.05) is 16.4 Å². The van der Waals surface area contributed by atoms with Crippen molar-refractivity contribution in [2.45, 2.75) is 58.7 Å². The molecular formula is C16H26N4O3S. The number of sulfonamides is 1. The molecule has 1 fully saturated rings. The number of aromatic nitrogens is 2. The molecule has 0 atom stereocenters. The van der Waals surface area contributed by atoms with Crippen LogP contribution in [0.25, 0.3) is 0 Å². The van der Waals surface area contributed by atoms with Gasteiger partial charge in [0, 0.05) is 26.1 Å². The summed E-state index contributed by atoms with van der Waals surface area (Å²) in [6, 6.07) is 0. The predicted molar refractivity (Wildman–Crippen MR) is 90.6 cm³/mol. The summed E-state index contributed by atoms with van der Waals surface area (Å²) in [5.41, 5.74) is 1.77. The number of rotatable bonds is 6. The number of fused-ring (bicyclic) bond motifs is 1. The fraction of sp³-hybridized carbons (Fsp3) is 0.750. The number of carbonyl (C=O) groups is 1. The van der Waals surface area contributed by atoms with Crippen LogP contribution >= 0.6 is 0 Å². The molecular weight excluding hydrogens is 328 g/mol. The van der Waals surface area contributed by atoms with E-state index in [2.05, 4.69) is 4.98 Å². The third-order valence-corrected chi connectivity index (χ3v) is 6.73. The number of carbonyl (C=O) groups excluding carboxylic acids is 1. The second-order valence-electron chi connectivity index (χ2n) is 6.61. The Kier molecular flexibility index (Phi) is 5.24. The van der Waals surface area contributed by atoms with Gasteiger partial charge in [0.1, 0.15) is 0 Å². The zero-order chi connectivity index (χ0) is 17.2. The summed E-state index contributed by atoms with van der Waals surface area (Å²) in [5.74, 6) is 0.371. The summed E-state index contributed by atoms with van der Waals surface area (Å²) in [6.45, 7) is 4.95. The summed E-state index contributed by atoms with van der Waals surface area (Å²) < 4.78 is 28.8. The lowest BCUT2D eigenvalue weighted by atomic mass is 10.3. The van der Waals surface area contributed by atoms with E-state index in [4.69, 9.17) is 0 Å². The number of hydrogen-bond acceptors (Lipinski definition) is 4. The Morgan fingerprint density at radius 3 is 2.75 bits per heavy atom. The van der Waals surface area contributed by atoms with Crippen LogP contribution in [0.4, 0.5) is 0 Å². The van der Waals surface area contributed by atoms with Crippen LogP contribution in [-0.4, -0.2) is 51.9 Å². The third-order valence-electron chi connectivity index (χ3n) is 4.83. The lowest BCUT2D eigenvalue weighted by molar-refractivity contribution is -0.128. The number of nitrogens with zero attached hydrogens (tertiary/aromatic N) is 4. The van der Waals surface area contributed by atoms with Crippen molar-refractivity contribution in [3.8, 4) is 0 Å². The van der Waals surface area contributed by atoms with E-state index in [-0.39, 0.29) is 11.7 Å². The van der Waals surface area contributed by atoms with Gasteiger partial charge in [-0.2, -0.15) is 4.31 Å². The summed E-state index contributed by atoms with van der Waals surface area (Å²) in [7, 11) is -3.23. The Morgan fingerprint density at radius 1 is 1.21 bits per heavy atom. The monoisotopic (exact) mass is 354 g/mol. The van der Waals surface area contributed by atoms with E-state index in [1.54, 1.807) is 10.6 Å². The SMILES string of the molecule is CCCCS(=O)(=O)N1CCCn2cnc(CN3CCCC3=O)c2C1. The molecule has 24 heavy (non-hydrogen) atoms. The van der Waals surface area contributed by atoms with E-state index >= 15 is 0 Å². The minimum atomic E-state index is -3.23. The minimum absolute atomic E-state index is 0.165. The molecule has 2 aliphatic heterocycles. The van der Waals surface area contributed by atoms with Gasteiger partial charge in [0.05, 0.1) is 36.6 Å². The molecule has 0 saturated carbocycles. The van der Waals surface area contributed by atoms with Gasteiger partial charge in [-0.05, 0) is 19.3 Å². The van der Waals surface area contributed by atoms with Crippen LogP contribution in [0.1, 0.15) is 50.4 Å². The van der Waals surface area contributed by atoms with E-state index in [9.17, 15) is 13.2 Å². The van der Waals surface area contributed by atoms with Gasteiger partial charge in [-0.3, -0.25) is 4.79 Å². The van der Waals surface area contributed by atoms with Gasteiger partial charge in [0.15, 0.2) is 0 Å². The Balaban J connectivity index is 1.79. The van der Waals surface area contributed by atoms with E-state index in [1.165, 1.54) is 0 Å². The summed E-state index contributed by atoms with van der Waals surface area (Å²) in [6.07, 6.45) is 5.63. The molecule has 1 aromatic heterocycles. The molecule has 1 amide bonds. The maximum absolute atomic E-state index is 12.6. The molecule has 134 valence electrons. The molecule has 0 radical (unpaired) electrons. The number of unbranched alkanes of at least 4 members (excludes halogenated alkanes) is 1. The van der Waals surface area contributed by atoms with Gasteiger partial charge in [-0.25, -0.2) is 13.4 Å². The standard InChI is InChI=1S/C16H26N4O3S/c1-2-3-10-24(22,23)20-9-5-8-19-13-17-14(15(19)12-20)11-18-7-4-6-16(18)21/h13H,2-12H2,1H3. The minimum Gasteiger partial charge on any atom is -0.337 e. The van der Waals surface area contributed by atoms with Crippen molar-refractivity contribution >= 4 is 15.9 Å². The van der Waals surface area contributed by atoms with Crippen molar-refractivity contribution in [2.24, 2.45) is 0 Å². The topological polar surface area (TPSA) is 75.5 Å². The Bertz CT molecular complexity index is 698. The van der Waals surface area contributed by atoms with Crippen molar-refractivity contribution in [2.75, 3.05) is 18.8 Å². The third kappa shape index (κ3) is 3.64. The molecule has 0 N–H and O–H groups in total. The van der Waals surface area contributed by atoms with Crippen LogP contribution in [0.5, 0.6) is 0 Å². The van der Waals surface area contributed by atoms with Gasteiger partial charge in [0.2, 0.25) is 15.9 Å². The molecule has 1 aromatic rings.